The first-order chi connectivity index (χ1) is 11.8. The van der Waals surface area contributed by atoms with Crippen LogP contribution in [0.2, 0.25) is 0 Å². The molecule has 4 rings (SSSR count). The molecule has 1 nitrogen and oxygen atoms in total. The predicted octanol–water partition coefficient (Wildman–Crippen LogP) is 6.16. The monoisotopic (exact) mass is 373 g/mol. The van der Waals surface area contributed by atoms with E-state index in [0.717, 1.165) is 10.9 Å². The summed E-state index contributed by atoms with van der Waals surface area (Å²) in [5.41, 5.74) is 7.60. The van der Waals surface area contributed by atoms with Gasteiger partial charge in [0.05, 0.1) is 0 Å². The zero-order valence-corrected chi connectivity index (χ0v) is 14.7. The van der Waals surface area contributed by atoms with E-state index in [2.05, 4.69) is 87.7 Å². The molecule has 0 fully saturated rings. The van der Waals surface area contributed by atoms with E-state index in [0.29, 0.717) is 0 Å². The van der Waals surface area contributed by atoms with E-state index < -0.39 is 0 Å². The molecule has 2 aromatic carbocycles. The molecular weight excluding hydrogens is 358 g/mol. The van der Waals surface area contributed by atoms with Gasteiger partial charge in [-0.2, -0.15) is 0 Å². The van der Waals surface area contributed by atoms with Gasteiger partial charge in [-0.05, 0) is 64.1 Å². The van der Waals surface area contributed by atoms with Gasteiger partial charge in [-0.15, -0.1) is 0 Å². The second-order valence-corrected chi connectivity index (χ2v) is 6.81. The van der Waals surface area contributed by atoms with Gasteiger partial charge in [0.15, 0.2) is 0 Å². The van der Waals surface area contributed by atoms with Crippen molar-refractivity contribution in [3.05, 3.63) is 100 Å². The van der Waals surface area contributed by atoms with E-state index >= 15 is 0 Å². The molecule has 0 radical (unpaired) electrons. The first kappa shape index (κ1) is 15.1. The molecule has 0 saturated carbocycles. The van der Waals surface area contributed by atoms with Crippen LogP contribution in [0.15, 0.2) is 83.6 Å². The van der Waals surface area contributed by atoms with Crippen LogP contribution < -0.4 is 0 Å². The topological polar surface area (TPSA) is 12.9 Å². The maximum atomic E-state index is 4.24. The van der Waals surface area contributed by atoms with Crippen LogP contribution in [0.5, 0.6) is 0 Å². The smallest absolute Gasteiger partial charge is 0.0343 e. The third-order valence-electron chi connectivity index (χ3n) is 4.31. The third-order valence-corrected chi connectivity index (χ3v) is 4.84. The number of benzene rings is 2. The molecule has 0 bridgehead atoms. The summed E-state index contributed by atoms with van der Waals surface area (Å²) in [6.07, 6.45) is 11.2. The average Bonchev–Trinajstić information content (AvgIpc) is 2.85. The maximum Gasteiger partial charge on any atom is 0.0343 e. The van der Waals surface area contributed by atoms with E-state index in [1.807, 2.05) is 18.5 Å². The highest BCUT2D eigenvalue weighted by molar-refractivity contribution is 9.10. The summed E-state index contributed by atoms with van der Waals surface area (Å²) < 4.78 is 1.10. The van der Waals surface area contributed by atoms with Gasteiger partial charge in [-0.3, -0.25) is 4.98 Å². The van der Waals surface area contributed by atoms with Crippen molar-refractivity contribution in [2.75, 3.05) is 0 Å². The van der Waals surface area contributed by atoms with E-state index in [-0.39, 0.29) is 0 Å². The molecule has 0 unspecified atom stereocenters. The standard InChI is InChI=1S/C22H16BrN/c23-22-10-8-16(9-11-22)19-6-7-20-14-18(4-1-3-17(20)13-19)21-5-2-12-24-15-21/h1-13,15H,14H2. The number of hydrogen-bond acceptors (Lipinski definition) is 1. The van der Waals surface area contributed by atoms with Gasteiger partial charge in [-0.1, -0.05) is 64.5 Å². The summed E-state index contributed by atoms with van der Waals surface area (Å²) >= 11 is 3.49. The number of allylic oxidation sites excluding steroid dienone is 3. The number of aromatic nitrogens is 1. The van der Waals surface area contributed by atoms with Gasteiger partial charge in [0, 0.05) is 16.9 Å². The van der Waals surface area contributed by atoms with Crippen molar-refractivity contribution < 1.29 is 0 Å². The predicted molar refractivity (Wildman–Crippen MR) is 105 cm³/mol. The molecule has 0 atom stereocenters. The van der Waals surface area contributed by atoms with Crippen LogP contribution in [-0.4, -0.2) is 4.98 Å². The lowest BCUT2D eigenvalue weighted by atomic mass is 9.94. The van der Waals surface area contributed by atoms with Gasteiger partial charge in [-0.25, -0.2) is 0 Å². The van der Waals surface area contributed by atoms with Gasteiger partial charge in [0.25, 0.3) is 0 Å². The quantitative estimate of drug-likeness (QED) is 0.523. The molecule has 0 amide bonds. The summed E-state index contributed by atoms with van der Waals surface area (Å²) in [6.45, 7) is 0. The average molecular weight is 374 g/mol. The fourth-order valence-electron chi connectivity index (χ4n) is 3.02. The molecular formula is C22H16BrN. The molecule has 3 aromatic rings. The van der Waals surface area contributed by atoms with Crippen molar-refractivity contribution >= 4 is 27.6 Å². The number of pyridine rings is 1. The maximum absolute atomic E-state index is 4.24. The van der Waals surface area contributed by atoms with E-state index in [1.54, 1.807) is 0 Å². The van der Waals surface area contributed by atoms with Crippen molar-refractivity contribution in [1.29, 1.82) is 0 Å². The molecule has 1 heterocycles. The zero-order chi connectivity index (χ0) is 16.4. The van der Waals surface area contributed by atoms with Crippen LogP contribution in [0, 0.1) is 0 Å². The minimum atomic E-state index is 0.925. The molecule has 24 heavy (non-hydrogen) atoms. The van der Waals surface area contributed by atoms with Gasteiger partial charge >= 0.3 is 0 Å². The lowest BCUT2D eigenvalue weighted by Crippen LogP contribution is -1.93. The number of fused-ring (bicyclic) bond motifs is 1. The highest BCUT2D eigenvalue weighted by Crippen LogP contribution is 2.29. The fourth-order valence-corrected chi connectivity index (χ4v) is 3.28. The second-order valence-electron chi connectivity index (χ2n) is 5.89. The van der Waals surface area contributed by atoms with Crippen molar-refractivity contribution in [2.24, 2.45) is 0 Å². The largest absolute Gasteiger partial charge is 0.264 e. The summed E-state index contributed by atoms with van der Waals surface area (Å²) in [6, 6.07) is 19.3. The number of nitrogens with zero attached hydrogens (tertiary/aromatic N) is 1. The van der Waals surface area contributed by atoms with Crippen molar-refractivity contribution in [3.8, 4) is 11.1 Å². The SMILES string of the molecule is Brc1ccc(-c2ccc3c(c2)C=CC=C(c2cccnc2)C3)cc1. The van der Waals surface area contributed by atoms with Crippen molar-refractivity contribution in [2.45, 2.75) is 6.42 Å². The number of rotatable bonds is 2. The van der Waals surface area contributed by atoms with E-state index in [4.69, 9.17) is 0 Å². The third kappa shape index (κ3) is 3.10. The fraction of sp³-hybridized carbons (Fsp3) is 0.0455. The summed E-state index contributed by atoms with van der Waals surface area (Å²) in [5.74, 6) is 0. The normalized spacial score (nSPS) is 13.1. The molecule has 1 aliphatic rings. The van der Waals surface area contributed by atoms with Gasteiger partial charge in [0.2, 0.25) is 0 Å². The van der Waals surface area contributed by atoms with Crippen LogP contribution in [0.1, 0.15) is 16.7 Å². The van der Waals surface area contributed by atoms with Gasteiger partial charge in [0.1, 0.15) is 0 Å². The number of halogens is 1. The Kier molecular flexibility index (Phi) is 4.14. The van der Waals surface area contributed by atoms with Crippen molar-refractivity contribution in [3.63, 3.8) is 0 Å². The Balaban J connectivity index is 1.68. The highest BCUT2D eigenvalue weighted by atomic mass is 79.9. The lowest BCUT2D eigenvalue weighted by molar-refractivity contribution is 1.24. The Morgan fingerprint density at radius 3 is 2.50 bits per heavy atom. The molecule has 0 saturated heterocycles. The minimum absolute atomic E-state index is 0.925. The summed E-state index contributed by atoms with van der Waals surface area (Å²) in [5, 5.41) is 0. The lowest BCUT2D eigenvalue weighted by Gasteiger charge is -2.10. The molecule has 0 aliphatic heterocycles. The molecule has 1 aromatic heterocycles. The zero-order valence-electron chi connectivity index (χ0n) is 13.1. The van der Waals surface area contributed by atoms with Crippen LogP contribution in [0.4, 0.5) is 0 Å². The Bertz CT molecular complexity index is 922. The summed E-state index contributed by atoms with van der Waals surface area (Å²) in [7, 11) is 0. The first-order valence-corrected chi connectivity index (χ1v) is 8.75. The molecule has 1 aliphatic carbocycles. The molecule has 116 valence electrons. The Morgan fingerprint density at radius 2 is 1.71 bits per heavy atom. The number of hydrogen-bond donors (Lipinski definition) is 0. The molecule has 0 N–H and O–H groups in total. The first-order valence-electron chi connectivity index (χ1n) is 7.96. The highest BCUT2D eigenvalue weighted by Gasteiger charge is 2.10. The van der Waals surface area contributed by atoms with Crippen molar-refractivity contribution in [1.82, 2.24) is 4.98 Å². The van der Waals surface area contributed by atoms with E-state index in [9.17, 15) is 0 Å². The minimum Gasteiger partial charge on any atom is -0.264 e. The molecule has 0 spiro atoms. The molecule has 2 heteroatoms. The van der Waals surface area contributed by atoms with Gasteiger partial charge < -0.3 is 0 Å². The Morgan fingerprint density at radius 1 is 0.875 bits per heavy atom. The summed E-state index contributed by atoms with van der Waals surface area (Å²) in [4.78, 5) is 4.24. The van der Waals surface area contributed by atoms with Crippen LogP contribution >= 0.6 is 15.9 Å². The van der Waals surface area contributed by atoms with Crippen LogP contribution in [0.3, 0.4) is 0 Å². The van der Waals surface area contributed by atoms with Crippen LogP contribution in [0.25, 0.3) is 22.8 Å². The Labute approximate surface area is 150 Å². The van der Waals surface area contributed by atoms with Crippen LogP contribution in [-0.2, 0) is 6.42 Å². The van der Waals surface area contributed by atoms with E-state index in [1.165, 1.54) is 33.4 Å². The second kappa shape index (κ2) is 6.58. The Hall–Kier alpha value is -2.45.